The third kappa shape index (κ3) is 5.87. The van der Waals surface area contributed by atoms with E-state index in [9.17, 15) is 18.4 Å². The molecule has 7 heteroatoms. The fraction of sp³-hybridized carbons (Fsp3) is 0.400. The Balaban J connectivity index is 2.54. The number of unbranched alkanes of at least 4 members (excludes halogenated alkanes) is 2. The Bertz CT molecular complexity index is 585. The van der Waals surface area contributed by atoms with Crippen molar-refractivity contribution in [2.24, 2.45) is 0 Å². The Morgan fingerprint density at radius 3 is 2.59 bits per heavy atom. The van der Waals surface area contributed by atoms with Crippen LogP contribution in [0.4, 0.5) is 8.78 Å². The molecule has 0 fully saturated rings. The Morgan fingerprint density at radius 2 is 2.00 bits per heavy atom. The molecule has 1 aromatic carbocycles. The Kier molecular flexibility index (Phi) is 6.96. The van der Waals surface area contributed by atoms with Gasteiger partial charge in [0.05, 0.1) is 12.5 Å². The first-order chi connectivity index (χ1) is 10.4. The molecule has 0 aliphatic heterocycles. The standard InChI is InChI=1S/C15H16F2N2O3/c16-11-6-5-10(8-12(11)17)9-14(20)19-13(15(21)22)4-2-1-3-7-18/h5-6,8,13H,1-4,9H2,(H,19,20)(H,21,22)/t13-/m1/s1. The molecule has 1 amide bonds. The number of carboxylic acid groups (broad SMARTS) is 1. The van der Waals surface area contributed by atoms with Crippen LogP contribution >= 0.6 is 0 Å². The molecule has 118 valence electrons. The Labute approximate surface area is 126 Å². The van der Waals surface area contributed by atoms with Crippen LogP contribution in [-0.4, -0.2) is 23.0 Å². The molecule has 0 bridgehead atoms. The lowest BCUT2D eigenvalue weighted by molar-refractivity contribution is -0.142. The Morgan fingerprint density at radius 1 is 1.27 bits per heavy atom. The highest BCUT2D eigenvalue weighted by Crippen LogP contribution is 2.10. The molecule has 0 unspecified atom stereocenters. The van der Waals surface area contributed by atoms with Crippen LogP contribution in [0.25, 0.3) is 0 Å². The summed E-state index contributed by atoms with van der Waals surface area (Å²) in [5, 5.41) is 19.8. The first kappa shape index (κ1) is 17.6. The molecule has 0 aliphatic carbocycles. The SMILES string of the molecule is N#CCCCC[C@@H](NC(=O)Cc1ccc(F)c(F)c1)C(=O)O. The van der Waals surface area contributed by atoms with Gasteiger partial charge in [0.25, 0.3) is 0 Å². The number of nitriles is 1. The van der Waals surface area contributed by atoms with Gasteiger partial charge in [-0.05, 0) is 37.0 Å². The number of hydrogen-bond donors (Lipinski definition) is 2. The first-order valence-corrected chi connectivity index (χ1v) is 6.77. The molecule has 0 spiro atoms. The lowest BCUT2D eigenvalue weighted by Crippen LogP contribution is -2.41. The number of carbonyl (C=O) groups is 2. The summed E-state index contributed by atoms with van der Waals surface area (Å²) in [5.41, 5.74) is 0.255. The van der Waals surface area contributed by atoms with E-state index in [1.54, 1.807) is 0 Å². The molecule has 0 radical (unpaired) electrons. The van der Waals surface area contributed by atoms with Gasteiger partial charge in [0.1, 0.15) is 6.04 Å². The second kappa shape index (κ2) is 8.72. The minimum Gasteiger partial charge on any atom is -0.480 e. The van der Waals surface area contributed by atoms with Crippen LogP contribution in [0.5, 0.6) is 0 Å². The van der Waals surface area contributed by atoms with Crippen LogP contribution in [0, 0.1) is 23.0 Å². The summed E-state index contributed by atoms with van der Waals surface area (Å²) in [4.78, 5) is 22.8. The van der Waals surface area contributed by atoms with Gasteiger partial charge in [-0.25, -0.2) is 13.6 Å². The van der Waals surface area contributed by atoms with E-state index in [1.807, 2.05) is 6.07 Å². The van der Waals surface area contributed by atoms with Gasteiger partial charge in [0, 0.05) is 6.42 Å². The topological polar surface area (TPSA) is 90.2 Å². The van der Waals surface area contributed by atoms with E-state index in [0.29, 0.717) is 19.3 Å². The molecule has 22 heavy (non-hydrogen) atoms. The number of nitrogens with one attached hydrogen (secondary N) is 1. The number of carbonyl (C=O) groups excluding carboxylic acids is 1. The van der Waals surface area contributed by atoms with Crippen LogP contribution in [0.1, 0.15) is 31.2 Å². The van der Waals surface area contributed by atoms with Gasteiger partial charge < -0.3 is 10.4 Å². The molecule has 0 aliphatic rings. The number of rotatable bonds is 8. The molecule has 0 saturated heterocycles. The quantitative estimate of drug-likeness (QED) is 0.720. The van der Waals surface area contributed by atoms with E-state index in [-0.39, 0.29) is 18.4 Å². The van der Waals surface area contributed by atoms with Crippen molar-refractivity contribution in [3.05, 3.63) is 35.4 Å². The maximum atomic E-state index is 13.0. The smallest absolute Gasteiger partial charge is 0.326 e. The highest BCUT2D eigenvalue weighted by Gasteiger charge is 2.19. The van der Waals surface area contributed by atoms with E-state index in [0.717, 1.165) is 12.1 Å². The van der Waals surface area contributed by atoms with Crippen molar-refractivity contribution in [2.45, 2.75) is 38.1 Å². The molecular formula is C15H16F2N2O3. The number of carboxylic acids is 1. The lowest BCUT2D eigenvalue weighted by atomic mass is 10.1. The maximum Gasteiger partial charge on any atom is 0.326 e. The van der Waals surface area contributed by atoms with Crippen molar-refractivity contribution in [3.8, 4) is 6.07 Å². The molecule has 0 heterocycles. The van der Waals surface area contributed by atoms with Crippen LogP contribution in [0.2, 0.25) is 0 Å². The fourth-order valence-corrected chi connectivity index (χ4v) is 1.89. The average Bonchev–Trinajstić information content (AvgIpc) is 2.46. The third-order valence-corrected chi connectivity index (χ3v) is 3.01. The highest BCUT2D eigenvalue weighted by atomic mass is 19.2. The average molecular weight is 310 g/mol. The predicted octanol–water partition coefficient (Wildman–Crippen LogP) is 2.16. The third-order valence-electron chi connectivity index (χ3n) is 3.01. The van der Waals surface area contributed by atoms with Crippen LogP contribution in [0.15, 0.2) is 18.2 Å². The minimum absolute atomic E-state index is 0.209. The largest absolute Gasteiger partial charge is 0.480 e. The van der Waals surface area contributed by atoms with Gasteiger partial charge in [0.15, 0.2) is 11.6 Å². The summed E-state index contributed by atoms with van der Waals surface area (Å²) in [6, 6.07) is 3.97. The van der Waals surface area contributed by atoms with Gasteiger partial charge in [0.2, 0.25) is 5.91 Å². The second-order valence-corrected chi connectivity index (χ2v) is 4.79. The van der Waals surface area contributed by atoms with Gasteiger partial charge in [-0.2, -0.15) is 5.26 Å². The van der Waals surface area contributed by atoms with Crippen molar-refractivity contribution >= 4 is 11.9 Å². The van der Waals surface area contributed by atoms with Crippen molar-refractivity contribution in [2.75, 3.05) is 0 Å². The number of aliphatic carboxylic acids is 1. The van der Waals surface area contributed by atoms with Crippen molar-refractivity contribution in [1.82, 2.24) is 5.32 Å². The summed E-state index contributed by atoms with van der Waals surface area (Å²) >= 11 is 0. The van der Waals surface area contributed by atoms with E-state index < -0.39 is 29.6 Å². The maximum absolute atomic E-state index is 13.0. The summed E-state index contributed by atoms with van der Waals surface area (Å²) in [7, 11) is 0. The van der Waals surface area contributed by atoms with Gasteiger partial charge >= 0.3 is 5.97 Å². The minimum atomic E-state index is -1.17. The number of benzene rings is 1. The van der Waals surface area contributed by atoms with E-state index in [2.05, 4.69) is 5.32 Å². The van der Waals surface area contributed by atoms with E-state index in [1.165, 1.54) is 6.07 Å². The highest BCUT2D eigenvalue weighted by molar-refractivity contribution is 5.84. The van der Waals surface area contributed by atoms with Crippen molar-refractivity contribution in [1.29, 1.82) is 5.26 Å². The summed E-state index contributed by atoms with van der Waals surface area (Å²) < 4.78 is 25.8. The zero-order valence-electron chi connectivity index (χ0n) is 11.8. The molecule has 5 nitrogen and oxygen atoms in total. The van der Waals surface area contributed by atoms with Crippen LogP contribution in [-0.2, 0) is 16.0 Å². The zero-order valence-corrected chi connectivity index (χ0v) is 11.8. The van der Waals surface area contributed by atoms with E-state index in [4.69, 9.17) is 10.4 Å². The molecule has 1 atom stereocenters. The monoisotopic (exact) mass is 310 g/mol. The summed E-state index contributed by atoms with van der Waals surface area (Å²) in [6.07, 6.45) is 1.35. The molecule has 0 aromatic heterocycles. The van der Waals surface area contributed by atoms with Gasteiger partial charge in [-0.15, -0.1) is 0 Å². The number of halogens is 2. The molecule has 1 rings (SSSR count). The van der Waals surface area contributed by atoms with Gasteiger partial charge in [-0.1, -0.05) is 6.07 Å². The summed E-state index contributed by atoms with van der Waals surface area (Å²) in [6.45, 7) is 0. The summed E-state index contributed by atoms with van der Waals surface area (Å²) in [5.74, 6) is -3.82. The predicted molar refractivity (Wildman–Crippen MR) is 73.7 cm³/mol. The zero-order chi connectivity index (χ0) is 16.5. The van der Waals surface area contributed by atoms with Gasteiger partial charge in [-0.3, -0.25) is 4.79 Å². The first-order valence-electron chi connectivity index (χ1n) is 6.77. The second-order valence-electron chi connectivity index (χ2n) is 4.79. The van der Waals surface area contributed by atoms with E-state index >= 15 is 0 Å². The van der Waals surface area contributed by atoms with Crippen LogP contribution in [0.3, 0.4) is 0 Å². The lowest BCUT2D eigenvalue weighted by Gasteiger charge is -2.14. The number of hydrogen-bond acceptors (Lipinski definition) is 3. The number of amides is 1. The van der Waals surface area contributed by atoms with Crippen molar-refractivity contribution < 1.29 is 23.5 Å². The molecule has 1 aromatic rings. The fourth-order valence-electron chi connectivity index (χ4n) is 1.89. The normalized spacial score (nSPS) is 11.5. The molecule has 2 N–H and O–H groups in total. The Hall–Kier alpha value is -2.49. The van der Waals surface area contributed by atoms with Crippen LogP contribution < -0.4 is 5.32 Å². The number of nitrogens with zero attached hydrogens (tertiary/aromatic N) is 1. The molecule has 0 saturated carbocycles. The molecular weight excluding hydrogens is 294 g/mol. The van der Waals surface area contributed by atoms with Crippen molar-refractivity contribution in [3.63, 3.8) is 0 Å².